The average Bonchev–Trinajstić information content (AvgIpc) is 2.18. The minimum atomic E-state index is 0.301. The number of hydrogen-bond donors (Lipinski definition) is 0. The van der Waals surface area contributed by atoms with Gasteiger partial charge < -0.3 is 9.53 Å². The van der Waals surface area contributed by atoms with Gasteiger partial charge in [0.05, 0.1) is 6.10 Å². The first-order valence-corrected chi connectivity index (χ1v) is 3.40. The van der Waals surface area contributed by atoms with Gasteiger partial charge in [-0.15, -0.1) is 0 Å². The minimum absolute atomic E-state index is 0.301. The van der Waals surface area contributed by atoms with Crippen molar-refractivity contribution in [1.29, 1.82) is 0 Å². The van der Waals surface area contributed by atoms with Crippen LogP contribution in [-0.4, -0.2) is 19.0 Å². The Bertz CT molecular complexity index is 101. The molecule has 9 heavy (non-hydrogen) atoms. The average molecular weight is 128 g/mol. The SMILES string of the molecule is CC1OCCC1CC=O. The third-order valence-electron chi connectivity index (χ3n) is 1.93. The molecule has 0 aliphatic carbocycles. The lowest BCUT2D eigenvalue weighted by atomic mass is 10.00. The zero-order valence-electron chi connectivity index (χ0n) is 5.67. The Hall–Kier alpha value is -0.370. The van der Waals surface area contributed by atoms with Crippen molar-refractivity contribution in [3.8, 4) is 0 Å². The molecule has 2 atom stereocenters. The quantitative estimate of drug-likeness (QED) is 0.518. The third kappa shape index (κ3) is 1.52. The van der Waals surface area contributed by atoms with E-state index < -0.39 is 0 Å². The van der Waals surface area contributed by atoms with E-state index in [1.54, 1.807) is 0 Å². The summed E-state index contributed by atoms with van der Waals surface area (Å²) in [6, 6.07) is 0. The Morgan fingerprint density at radius 1 is 1.78 bits per heavy atom. The first-order chi connectivity index (χ1) is 4.34. The molecule has 0 aromatic carbocycles. The van der Waals surface area contributed by atoms with Crippen LogP contribution in [0.1, 0.15) is 19.8 Å². The van der Waals surface area contributed by atoms with Gasteiger partial charge in [0.1, 0.15) is 6.29 Å². The second-order valence-corrected chi connectivity index (χ2v) is 2.53. The molecule has 0 aromatic rings. The number of aldehydes is 1. The second kappa shape index (κ2) is 2.97. The lowest BCUT2D eigenvalue weighted by Gasteiger charge is -2.08. The summed E-state index contributed by atoms with van der Waals surface area (Å²) < 4.78 is 5.26. The summed E-state index contributed by atoms with van der Waals surface area (Å²) in [6.45, 7) is 2.86. The molecule has 0 bridgehead atoms. The Balaban J connectivity index is 2.30. The minimum Gasteiger partial charge on any atom is -0.378 e. The van der Waals surface area contributed by atoms with Crippen molar-refractivity contribution in [3.63, 3.8) is 0 Å². The molecule has 0 N–H and O–H groups in total. The maximum Gasteiger partial charge on any atom is 0.120 e. The van der Waals surface area contributed by atoms with Gasteiger partial charge in [-0.2, -0.15) is 0 Å². The zero-order chi connectivity index (χ0) is 6.69. The number of ether oxygens (including phenoxy) is 1. The van der Waals surface area contributed by atoms with Crippen molar-refractivity contribution in [2.24, 2.45) is 5.92 Å². The third-order valence-corrected chi connectivity index (χ3v) is 1.93. The van der Waals surface area contributed by atoms with E-state index in [2.05, 4.69) is 0 Å². The van der Waals surface area contributed by atoms with Gasteiger partial charge in [-0.3, -0.25) is 0 Å². The van der Waals surface area contributed by atoms with Gasteiger partial charge in [0.25, 0.3) is 0 Å². The van der Waals surface area contributed by atoms with E-state index in [1.165, 1.54) is 0 Å². The van der Waals surface area contributed by atoms with Gasteiger partial charge >= 0.3 is 0 Å². The van der Waals surface area contributed by atoms with E-state index in [0.717, 1.165) is 19.3 Å². The lowest BCUT2D eigenvalue weighted by molar-refractivity contribution is -0.109. The van der Waals surface area contributed by atoms with Crippen LogP contribution in [0, 0.1) is 5.92 Å². The fraction of sp³-hybridized carbons (Fsp3) is 0.857. The van der Waals surface area contributed by atoms with Crippen molar-refractivity contribution < 1.29 is 9.53 Å². The number of rotatable bonds is 2. The van der Waals surface area contributed by atoms with Crippen LogP contribution in [0.5, 0.6) is 0 Å². The second-order valence-electron chi connectivity index (χ2n) is 2.53. The first-order valence-electron chi connectivity index (χ1n) is 3.40. The molecule has 0 radical (unpaired) electrons. The van der Waals surface area contributed by atoms with Crippen molar-refractivity contribution in [3.05, 3.63) is 0 Å². The molecule has 2 heteroatoms. The van der Waals surface area contributed by atoms with E-state index in [-0.39, 0.29) is 0 Å². The highest BCUT2D eigenvalue weighted by Gasteiger charge is 2.22. The topological polar surface area (TPSA) is 26.3 Å². The molecule has 2 unspecified atom stereocenters. The molecule has 0 saturated carbocycles. The van der Waals surface area contributed by atoms with E-state index in [4.69, 9.17) is 4.74 Å². The van der Waals surface area contributed by atoms with Gasteiger partial charge in [0.2, 0.25) is 0 Å². The zero-order valence-corrected chi connectivity index (χ0v) is 5.67. The van der Waals surface area contributed by atoms with Crippen molar-refractivity contribution in [2.75, 3.05) is 6.61 Å². The molecule has 1 aliphatic heterocycles. The molecule has 1 heterocycles. The number of carbonyl (C=O) groups excluding carboxylic acids is 1. The molecular formula is C7H12O2. The molecule has 1 rings (SSSR count). The monoisotopic (exact) mass is 128 g/mol. The first kappa shape index (κ1) is 6.75. The summed E-state index contributed by atoms with van der Waals surface area (Å²) in [5.74, 6) is 0.488. The van der Waals surface area contributed by atoms with Gasteiger partial charge in [0.15, 0.2) is 0 Å². The molecule has 52 valence electrons. The standard InChI is InChI=1S/C7H12O2/c1-6-7(2-4-8)3-5-9-6/h4,6-7H,2-3,5H2,1H3. The molecule has 2 nitrogen and oxygen atoms in total. The van der Waals surface area contributed by atoms with Gasteiger partial charge in [-0.25, -0.2) is 0 Å². The summed E-state index contributed by atoms with van der Waals surface area (Å²) in [4.78, 5) is 10.1. The van der Waals surface area contributed by atoms with Crippen LogP contribution in [0.15, 0.2) is 0 Å². The largest absolute Gasteiger partial charge is 0.378 e. The van der Waals surface area contributed by atoms with E-state index >= 15 is 0 Å². The van der Waals surface area contributed by atoms with Crippen LogP contribution in [0.3, 0.4) is 0 Å². The fourth-order valence-electron chi connectivity index (χ4n) is 1.21. The fourth-order valence-corrected chi connectivity index (χ4v) is 1.21. The number of hydrogen-bond acceptors (Lipinski definition) is 2. The van der Waals surface area contributed by atoms with Gasteiger partial charge in [-0.05, 0) is 19.3 Å². The molecular weight excluding hydrogens is 116 g/mol. The Morgan fingerprint density at radius 2 is 2.56 bits per heavy atom. The van der Waals surface area contributed by atoms with Crippen molar-refractivity contribution >= 4 is 6.29 Å². The summed E-state index contributed by atoms with van der Waals surface area (Å²) in [7, 11) is 0. The molecule has 0 spiro atoms. The predicted octanol–water partition coefficient (Wildman–Crippen LogP) is 1.00. The summed E-state index contributed by atoms with van der Waals surface area (Å²) in [5.41, 5.74) is 0. The summed E-state index contributed by atoms with van der Waals surface area (Å²) >= 11 is 0. The Kier molecular flexibility index (Phi) is 2.22. The van der Waals surface area contributed by atoms with Crippen LogP contribution in [0.4, 0.5) is 0 Å². The van der Waals surface area contributed by atoms with Crippen LogP contribution in [0.25, 0.3) is 0 Å². The summed E-state index contributed by atoms with van der Waals surface area (Å²) in [6.07, 6.45) is 3.01. The Morgan fingerprint density at radius 3 is 3.00 bits per heavy atom. The van der Waals surface area contributed by atoms with Crippen LogP contribution in [-0.2, 0) is 9.53 Å². The Labute approximate surface area is 55.2 Å². The van der Waals surface area contributed by atoms with Crippen LogP contribution in [0.2, 0.25) is 0 Å². The smallest absolute Gasteiger partial charge is 0.120 e. The highest BCUT2D eigenvalue weighted by atomic mass is 16.5. The van der Waals surface area contributed by atoms with Gasteiger partial charge in [0, 0.05) is 13.0 Å². The van der Waals surface area contributed by atoms with Crippen LogP contribution >= 0.6 is 0 Å². The predicted molar refractivity (Wildman–Crippen MR) is 34.2 cm³/mol. The molecule has 1 saturated heterocycles. The highest BCUT2D eigenvalue weighted by Crippen LogP contribution is 2.22. The van der Waals surface area contributed by atoms with E-state index in [9.17, 15) is 4.79 Å². The highest BCUT2D eigenvalue weighted by molar-refractivity contribution is 5.49. The maximum absolute atomic E-state index is 10.1. The van der Waals surface area contributed by atoms with Crippen LogP contribution < -0.4 is 0 Å². The molecule has 0 aromatic heterocycles. The van der Waals surface area contributed by atoms with E-state index in [1.807, 2.05) is 6.92 Å². The molecule has 1 aliphatic rings. The number of carbonyl (C=O) groups is 1. The maximum atomic E-state index is 10.1. The summed E-state index contributed by atoms with van der Waals surface area (Å²) in [5, 5.41) is 0. The van der Waals surface area contributed by atoms with Crippen molar-refractivity contribution in [1.82, 2.24) is 0 Å². The van der Waals surface area contributed by atoms with Crippen molar-refractivity contribution in [2.45, 2.75) is 25.9 Å². The van der Waals surface area contributed by atoms with Gasteiger partial charge in [-0.1, -0.05) is 0 Å². The molecule has 0 amide bonds. The molecule has 1 fully saturated rings. The normalized spacial score (nSPS) is 34.8. The van der Waals surface area contributed by atoms with E-state index in [0.29, 0.717) is 18.4 Å². The lowest BCUT2D eigenvalue weighted by Crippen LogP contribution is -2.10.